The maximum absolute atomic E-state index is 12.4. The number of hydrogen-bond donors (Lipinski definition) is 0. The summed E-state index contributed by atoms with van der Waals surface area (Å²) in [6.45, 7) is 2.66. The van der Waals surface area contributed by atoms with Crippen molar-refractivity contribution in [3.63, 3.8) is 0 Å². The van der Waals surface area contributed by atoms with Gasteiger partial charge in [-0.05, 0) is 36.4 Å². The van der Waals surface area contributed by atoms with E-state index < -0.39 is 0 Å². The molecule has 0 radical (unpaired) electrons. The van der Waals surface area contributed by atoms with Crippen molar-refractivity contribution in [2.24, 2.45) is 0 Å². The summed E-state index contributed by atoms with van der Waals surface area (Å²) in [7, 11) is 0. The maximum Gasteiger partial charge on any atom is 0.254 e. The number of aromatic nitrogens is 1. The number of amides is 1. The van der Waals surface area contributed by atoms with Gasteiger partial charge < -0.3 is 14.4 Å². The molecule has 2 aromatic rings. The molecule has 4 rings (SSSR count). The van der Waals surface area contributed by atoms with Crippen molar-refractivity contribution < 1.29 is 14.3 Å². The van der Waals surface area contributed by atoms with Gasteiger partial charge >= 0.3 is 0 Å². The molecule has 5 nitrogen and oxygen atoms in total. The molecule has 1 spiro atoms. The number of nitrogens with zero attached hydrogens (tertiary/aromatic N) is 2. The van der Waals surface area contributed by atoms with E-state index in [2.05, 4.69) is 4.98 Å². The molecule has 0 bridgehead atoms. The largest absolute Gasteiger partial charge is 0.372 e. The Balaban J connectivity index is 1.28. The van der Waals surface area contributed by atoms with Crippen LogP contribution in [0.25, 0.3) is 0 Å². The highest BCUT2D eigenvalue weighted by atomic mass is 32.1. The second-order valence-electron chi connectivity index (χ2n) is 6.76. The van der Waals surface area contributed by atoms with Gasteiger partial charge in [-0.2, -0.15) is 11.3 Å². The molecule has 0 unspecified atom stereocenters. The molecule has 1 amide bonds. The molecule has 0 aromatic carbocycles. The van der Waals surface area contributed by atoms with Crippen LogP contribution in [0, 0.1) is 0 Å². The number of piperidine rings is 1. The van der Waals surface area contributed by atoms with Crippen LogP contribution in [0.2, 0.25) is 0 Å². The molecule has 0 aliphatic carbocycles. The predicted octanol–water partition coefficient (Wildman–Crippen LogP) is 3.12. The molecule has 2 fully saturated rings. The van der Waals surface area contributed by atoms with E-state index in [9.17, 15) is 4.79 Å². The third-order valence-electron chi connectivity index (χ3n) is 5.10. The SMILES string of the molecule is O=C(c1ccsc1)N1CCC2(CC1)C[C@H](OCc1ccccn1)CO2. The van der Waals surface area contributed by atoms with Gasteiger partial charge in [0.05, 0.1) is 36.2 Å². The number of carbonyl (C=O) groups is 1. The number of hydrogen-bond acceptors (Lipinski definition) is 5. The standard InChI is InChI=1S/C19H22N2O3S/c22-18(15-4-10-25-14-15)21-8-5-19(6-9-21)11-17(13-24-19)23-12-16-3-1-2-7-20-16/h1-4,7,10,14,17H,5-6,8-9,11-13H2/t17-/m0/s1. The van der Waals surface area contributed by atoms with Crippen molar-refractivity contribution in [1.29, 1.82) is 0 Å². The molecule has 2 aliphatic rings. The quantitative estimate of drug-likeness (QED) is 0.843. The van der Waals surface area contributed by atoms with Crippen LogP contribution in [0.15, 0.2) is 41.2 Å². The number of likely N-dealkylation sites (tertiary alicyclic amines) is 1. The van der Waals surface area contributed by atoms with Crippen molar-refractivity contribution in [2.75, 3.05) is 19.7 Å². The summed E-state index contributed by atoms with van der Waals surface area (Å²) < 4.78 is 12.1. The monoisotopic (exact) mass is 358 g/mol. The Kier molecular flexibility index (Phi) is 4.83. The summed E-state index contributed by atoms with van der Waals surface area (Å²) in [5, 5.41) is 3.86. The first-order chi connectivity index (χ1) is 12.2. The van der Waals surface area contributed by atoms with Crippen LogP contribution in [0.3, 0.4) is 0 Å². The fourth-order valence-electron chi connectivity index (χ4n) is 3.63. The Hall–Kier alpha value is -1.76. The van der Waals surface area contributed by atoms with E-state index in [-0.39, 0.29) is 17.6 Å². The zero-order valence-corrected chi connectivity index (χ0v) is 14.9. The number of ether oxygens (including phenoxy) is 2. The first kappa shape index (κ1) is 16.7. The van der Waals surface area contributed by atoms with Crippen LogP contribution < -0.4 is 0 Å². The average molecular weight is 358 g/mol. The number of rotatable bonds is 4. The predicted molar refractivity (Wildman–Crippen MR) is 95.6 cm³/mol. The Labute approximate surface area is 151 Å². The third-order valence-corrected chi connectivity index (χ3v) is 5.78. The molecule has 132 valence electrons. The lowest BCUT2D eigenvalue weighted by molar-refractivity contribution is -0.0412. The molecule has 6 heteroatoms. The van der Waals surface area contributed by atoms with Gasteiger partial charge in [-0.3, -0.25) is 9.78 Å². The number of carbonyl (C=O) groups excluding carboxylic acids is 1. The van der Waals surface area contributed by atoms with Crippen LogP contribution in [-0.2, 0) is 16.1 Å². The summed E-state index contributed by atoms with van der Waals surface area (Å²) in [6.07, 6.45) is 4.56. The van der Waals surface area contributed by atoms with Crippen molar-refractivity contribution in [3.05, 3.63) is 52.5 Å². The Morgan fingerprint density at radius 2 is 2.24 bits per heavy atom. The zero-order valence-electron chi connectivity index (χ0n) is 14.1. The molecule has 0 saturated carbocycles. The second-order valence-corrected chi connectivity index (χ2v) is 7.54. The van der Waals surface area contributed by atoms with Gasteiger partial charge in [-0.15, -0.1) is 0 Å². The van der Waals surface area contributed by atoms with Crippen molar-refractivity contribution >= 4 is 17.2 Å². The molecule has 2 aliphatic heterocycles. The number of thiophene rings is 1. The zero-order chi connectivity index (χ0) is 17.1. The minimum atomic E-state index is -0.125. The first-order valence-corrected chi connectivity index (χ1v) is 9.65. The Morgan fingerprint density at radius 3 is 2.96 bits per heavy atom. The third kappa shape index (κ3) is 3.76. The normalized spacial score (nSPS) is 22.4. The van der Waals surface area contributed by atoms with Gasteiger partial charge in [-0.25, -0.2) is 0 Å². The molecular weight excluding hydrogens is 336 g/mol. The summed E-state index contributed by atoms with van der Waals surface area (Å²) in [6, 6.07) is 7.74. The highest BCUT2D eigenvalue weighted by Gasteiger charge is 2.43. The van der Waals surface area contributed by atoms with Crippen LogP contribution in [0.4, 0.5) is 0 Å². The summed E-state index contributed by atoms with van der Waals surface area (Å²) in [5.41, 5.74) is 1.62. The van der Waals surface area contributed by atoms with E-state index >= 15 is 0 Å². The maximum atomic E-state index is 12.4. The lowest BCUT2D eigenvalue weighted by atomic mass is 9.88. The topological polar surface area (TPSA) is 51.7 Å². The Bertz CT molecular complexity index is 697. The minimum absolute atomic E-state index is 0.112. The lowest BCUT2D eigenvalue weighted by Crippen LogP contribution is -2.46. The molecular formula is C19H22N2O3S. The van der Waals surface area contributed by atoms with Crippen LogP contribution in [0.1, 0.15) is 35.3 Å². The molecule has 0 N–H and O–H groups in total. The van der Waals surface area contributed by atoms with Crippen LogP contribution >= 0.6 is 11.3 Å². The van der Waals surface area contributed by atoms with Gasteiger partial charge in [-0.1, -0.05) is 6.07 Å². The van der Waals surface area contributed by atoms with E-state index in [1.54, 1.807) is 17.5 Å². The van der Waals surface area contributed by atoms with E-state index in [1.807, 2.05) is 39.9 Å². The smallest absolute Gasteiger partial charge is 0.254 e. The van der Waals surface area contributed by atoms with E-state index in [1.165, 1.54) is 0 Å². The van der Waals surface area contributed by atoms with E-state index in [0.29, 0.717) is 13.2 Å². The molecule has 1 atom stereocenters. The molecule has 2 saturated heterocycles. The average Bonchev–Trinajstić information content (AvgIpc) is 3.32. The van der Waals surface area contributed by atoms with Gasteiger partial charge in [0.25, 0.3) is 5.91 Å². The molecule has 2 aromatic heterocycles. The highest BCUT2D eigenvalue weighted by molar-refractivity contribution is 7.08. The van der Waals surface area contributed by atoms with E-state index in [4.69, 9.17) is 9.47 Å². The van der Waals surface area contributed by atoms with Gasteiger partial charge in [0.1, 0.15) is 0 Å². The number of pyridine rings is 1. The first-order valence-electron chi connectivity index (χ1n) is 8.71. The van der Waals surface area contributed by atoms with Gasteiger partial charge in [0.2, 0.25) is 0 Å². The van der Waals surface area contributed by atoms with Gasteiger partial charge in [0, 0.05) is 31.1 Å². The highest BCUT2D eigenvalue weighted by Crippen LogP contribution is 2.37. The molecule has 4 heterocycles. The van der Waals surface area contributed by atoms with Crippen molar-refractivity contribution in [2.45, 2.75) is 37.6 Å². The summed E-state index contributed by atoms with van der Waals surface area (Å²) in [4.78, 5) is 18.7. The summed E-state index contributed by atoms with van der Waals surface area (Å²) >= 11 is 1.56. The van der Waals surface area contributed by atoms with Gasteiger partial charge in [0.15, 0.2) is 0 Å². The lowest BCUT2D eigenvalue weighted by Gasteiger charge is -2.38. The fourth-order valence-corrected chi connectivity index (χ4v) is 4.26. The summed E-state index contributed by atoms with van der Waals surface area (Å²) in [5.74, 6) is 0.136. The molecule has 25 heavy (non-hydrogen) atoms. The Morgan fingerprint density at radius 1 is 1.36 bits per heavy atom. The van der Waals surface area contributed by atoms with Crippen LogP contribution in [0.5, 0.6) is 0 Å². The van der Waals surface area contributed by atoms with Crippen LogP contribution in [-0.4, -0.2) is 47.2 Å². The minimum Gasteiger partial charge on any atom is -0.372 e. The van der Waals surface area contributed by atoms with Crippen molar-refractivity contribution in [3.8, 4) is 0 Å². The fraction of sp³-hybridized carbons (Fsp3) is 0.474. The second kappa shape index (κ2) is 7.23. The van der Waals surface area contributed by atoms with Crippen molar-refractivity contribution in [1.82, 2.24) is 9.88 Å². The van der Waals surface area contributed by atoms with E-state index in [0.717, 1.165) is 43.6 Å².